The van der Waals surface area contributed by atoms with Crippen molar-refractivity contribution in [2.24, 2.45) is 0 Å². The van der Waals surface area contributed by atoms with Crippen LogP contribution in [0, 0.1) is 0 Å². The summed E-state index contributed by atoms with van der Waals surface area (Å²) in [6.07, 6.45) is 0. The van der Waals surface area contributed by atoms with E-state index in [2.05, 4.69) is 10.9 Å². The van der Waals surface area contributed by atoms with Crippen molar-refractivity contribution in [3.05, 3.63) is 64.7 Å². The molecule has 5 nitrogen and oxygen atoms in total. The normalized spacial score (nSPS) is 10.1. The molecule has 2 rings (SSSR count). The fourth-order valence-electron chi connectivity index (χ4n) is 1.92. The Hall–Kier alpha value is -2.18. The molecule has 0 saturated heterocycles. The summed E-state index contributed by atoms with van der Waals surface area (Å²) in [6.45, 7) is 0. The van der Waals surface area contributed by atoms with Crippen molar-refractivity contribution in [1.29, 1.82) is 0 Å². The second-order valence-electron chi connectivity index (χ2n) is 4.83. The lowest BCUT2D eigenvalue weighted by molar-refractivity contribution is -0.119. The van der Waals surface area contributed by atoms with Crippen LogP contribution >= 0.6 is 23.4 Å². The summed E-state index contributed by atoms with van der Waals surface area (Å²) >= 11 is 7.34. The van der Waals surface area contributed by atoms with E-state index in [4.69, 9.17) is 16.3 Å². The molecular weight excluding hydrogens is 348 g/mol. The zero-order valence-electron chi connectivity index (χ0n) is 13.0. The number of methoxy groups -OCH3 is 1. The van der Waals surface area contributed by atoms with Crippen LogP contribution in [0.4, 0.5) is 0 Å². The Labute approximate surface area is 149 Å². The van der Waals surface area contributed by atoms with Crippen LogP contribution in [-0.2, 0) is 10.5 Å². The molecule has 24 heavy (non-hydrogen) atoms. The molecule has 0 aliphatic heterocycles. The minimum absolute atomic E-state index is 0.238. The van der Waals surface area contributed by atoms with Gasteiger partial charge in [-0.1, -0.05) is 41.9 Å². The summed E-state index contributed by atoms with van der Waals surface area (Å²) in [5, 5.41) is 0.408. The molecule has 0 saturated carbocycles. The summed E-state index contributed by atoms with van der Waals surface area (Å²) in [7, 11) is 1.46. The van der Waals surface area contributed by atoms with Crippen LogP contribution in [-0.4, -0.2) is 24.7 Å². The highest BCUT2D eigenvalue weighted by molar-refractivity contribution is 7.99. The van der Waals surface area contributed by atoms with E-state index >= 15 is 0 Å². The van der Waals surface area contributed by atoms with E-state index in [1.165, 1.54) is 24.9 Å². The Morgan fingerprint density at radius 1 is 1.12 bits per heavy atom. The highest BCUT2D eigenvalue weighted by Crippen LogP contribution is 2.22. The van der Waals surface area contributed by atoms with E-state index in [-0.39, 0.29) is 17.2 Å². The molecule has 2 aromatic carbocycles. The van der Waals surface area contributed by atoms with Crippen molar-refractivity contribution in [3.8, 4) is 5.75 Å². The number of hydrogen-bond acceptors (Lipinski definition) is 4. The molecule has 2 N–H and O–H groups in total. The number of nitrogens with one attached hydrogen (secondary N) is 2. The highest BCUT2D eigenvalue weighted by Gasteiger charge is 2.13. The second kappa shape index (κ2) is 9.20. The smallest absolute Gasteiger partial charge is 0.273 e. The number of rotatable bonds is 6. The number of carbonyl (C=O) groups excluding carboxylic acids is 2. The fraction of sp³-hybridized carbons (Fsp3) is 0.176. The van der Waals surface area contributed by atoms with Crippen molar-refractivity contribution >= 4 is 35.2 Å². The van der Waals surface area contributed by atoms with Gasteiger partial charge in [0.25, 0.3) is 5.91 Å². The van der Waals surface area contributed by atoms with Gasteiger partial charge in [0.05, 0.1) is 18.4 Å². The van der Waals surface area contributed by atoms with Crippen LogP contribution in [0.2, 0.25) is 5.02 Å². The molecule has 7 heteroatoms. The van der Waals surface area contributed by atoms with E-state index in [9.17, 15) is 9.59 Å². The van der Waals surface area contributed by atoms with E-state index in [1.807, 2.05) is 30.3 Å². The molecule has 0 bridgehead atoms. The first kappa shape index (κ1) is 18.2. The monoisotopic (exact) mass is 364 g/mol. The molecule has 0 spiro atoms. The lowest BCUT2D eigenvalue weighted by Gasteiger charge is -2.10. The van der Waals surface area contributed by atoms with Crippen LogP contribution < -0.4 is 15.6 Å². The quantitative estimate of drug-likeness (QED) is 0.773. The minimum Gasteiger partial charge on any atom is -0.496 e. The topological polar surface area (TPSA) is 67.4 Å². The number of thioether (sulfide) groups is 1. The first-order valence-electron chi connectivity index (χ1n) is 7.14. The summed E-state index contributed by atoms with van der Waals surface area (Å²) in [6, 6.07) is 14.5. The van der Waals surface area contributed by atoms with Gasteiger partial charge in [-0.25, -0.2) is 0 Å². The van der Waals surface area contributed by atoms with Gasteiger partial charge in [0.2, 0.25) is 5.91 Å². The van der Waals surface area contributed by atoms with Gasteiger partial charge in [-0.3, -0.25) is 20.4 Å². The number of benzene rings is 2. The fourth-order valence-corrected chi connectivity index (χ4v) is 2.88. The van der Waals surface area contributed by atoms with E-state index in [0.717, 1.165) is 11.3 Å². The molecule has 0 unspecified atom stereocenters. The standard InChI is InChI=1S/C17H17ClN2O3S/c1-23-15-8-7-13(18)9-14(15)17(22)20-19-16(21)11-24-10-12-5-3-2-4-6-12/h2-9H,10-11H2,1H3,(H,19,21)(H,20,22). The Morgan fingerprint density at radius 3 is 2.58 bits per heavy atom. The van der Waals surface area contributed by atoms with Gasteiger partial charge in [0.1, 0.15) is 5.75 Å². The summed E-state index contributed by atoms with van der Waals surface area (Å²) in [4.78, 5) is 23.9. The largest absolute Gasteiger partial charge is 0.496 e. The predicted octanol–water partition coefficient (Wildman–Crippen LogP) is 3.04. The van der Waals surface area contributed by atoms with Gasteiger partial charge < -0.3 is 4.74 Å². The first-order valence-corrected chi connectivity index (χ1v) is 8.68. The van der Waals surface area contributed by atoms with Crippen LogP contribution in [0.3, 0.4) is 0 Å². The zero-order chi connectivity index (χ0) is 17.4. The molecule has 2 aromatic rings. The molecule has 0 aromatic heterocycles. The molecule has 0 heterocycles. The minimum atomic E-state index is -0.490. The Morgan fingerprint density at radius 2 is 1.88 bits per heavy atom. The van der Waals surface area contributed by atoms with Crippen LogP contribution in [0.1, 0.15) is 15.9 Å². The number of halogens is 1. The number of hydrogen-bond donors (Lipinski definition) is 2. The molecule has 2 amide bonds. The van der Waals surface area contributed by atoms with Crippen LogP contribution in [0.15, 0.2) is 48.5 Å². The molecule has 0 fully saturated rings. The third kappa shape index (κ3) is 5.47. The van der Waals surface area contributed by atoms with Crippen molar-refractivity contribution in [3.63, 3.8) is 0 Å². The van der Waals surface area contributed by atoms with Gasteiger partial charge in [0.15, 0.2) is 0 Å². The van der Waals surface area contributed by atoms with Crippen molar-refractivity contribution in [1.82, 2.24) is 10.9 Å². The Bertz CT molecular complexity index is 710. The molecule has 0 aliphatic rings. The summed E-state index contributed by atoms with van der Waals surface area (Å²) < 4.78 is 5.11. The third-order valence-electron chi connectivity index (χ3n) is 3.07. The highest BCUT2D eigenvalue weighted by atomic mass is 35.5. The van der Waals surface area contributed by atoms with E-state index in [0.29, 0.717) is 10.8 Å². The van der Waals surface area contributed by atoms with E-state index in [1.54, 1.807) is 12.1 Å². The van der Waals surface area contributed by atoms with Gasteiger partial charge in [-0.15, -0.1) is 11.8 Å². The lowest BCUT2D eigenvalue weighted by Crippen LogP contribution is -2.42. The zero-order valence-corrected chi connectivity index (χ0v) is 14.6. The van der Waals surface area contributed by atoms with Gasteiger partial charge in [-0.05, 0) is 23.8 Å². The summed E-state index contributed by atoms with van der Waals surface area (Å²) in [5.74, 6) is 0.567. The first-order chi connectivity index (χ1) is 11.6. The average molecular weight is 365 g/mol. The van der Waals surface area contributed by atoms with Crippen LogP contribution in [0.25, 0.3) is 0 Å². The van der Waals surface area contributed by atoms with Gasteiger partial charge in [-0.2, -0.15) is 0 Å². The maximum absolute atomic E-state index is 12.1. The molecular formula is C17H17ClN2O3S. The Balaban J connectivity index is 1.79. The van der Waals surface area contributed by atoms with Crippen molar-refractivity contribution < 1.29 is 14.3 Å². The van der Waals surface area contributed by atoms with Gasteiger partial charge in [0, 0.05) is 10.8 Å². The van der Waals surface area contributed by atoms with Crippen LogP contribution in [0.5, 0.6) is 5.75 Å². The number of carbonyl (C=O) groups is 2. The Kier molecular flexibility index (Phi) is 6.96. The SMILES string of the molecule is COc1ccc(Cl)cc1C(=O)NNC(=O)CSCc1ccccc1. The maximum Gasteiger partial charge on any atom is 0.273 e. The third-order valence-corrected chi connectivity index (χ3v) is 4.31. The molecule has 0 atom stereocenters. The average Bonchev–Trinajstić information content (AvgIpc) is 2.60. The van der Waals surface area contributed by atoms with Crippen molar-refractivity contribution in [2.45, 2.75) is 5.75 Å². The van der Waals surface area contributed by atoms with E-state index < -0.39 is 5.91 Å². The number of ether oxygens (including phenoxy) is 1. The lowest BCUT2D eigenvalue weighted by atomic mass is 10.2. The van der Waals surface area contributed by atoms with Gasteiger partial charge >= 0.3 is 0 Å². The van der Waals surface area contributed by atoms with Crippen molar-refractivity contribution in [2.75, 3.05) is 12.9 Å². The molecule has 0 radical (unpaired) electrons. The number of amides is 2. The predicted molar refractivity (Wildman–Crippen MR) is 96.2 cm³/mol. The second-order valence-corrected chi connectivity index (χ2v) is 6.25. The molecule has 126 valence electrons. The summed E-state index contributed by atoms with van der Waals surface area (Å²) in [5.41, 5.74) is 6.13. The number of hydrazine groups is 1. The molecule has 0 aliphatic carbocycles. The maximum atomic E-state index is 12.1.